The molecule has 24 heteroatoms. The number of aryl methyl sites for hydroxylation is 1. The van der Waals surface area contributed by atoms with Gasteiger partial charge in [-0.3, -0.25) is 33.1 Å². The number of carbonyl (C=O) groups excluding carboxylic acids is 2. The van der Waals surface area contributed by atoms with Gasteiger partial charge in [0, 0.05) is 44.4 Å². The van der Waals surface area contributed by atoms with E-state index in [1.807, 2.05) is 113 Å². The molecule has 1 N–H and O–H groups in total. The van der Waals surface area contributed by atoms with E-state index >= 15 is 4.57 Å². The van der Waals surface area contributed by atoms with Gasteiger partial charge in [-0.2, -0.15) is 5.26 Å². The number of hydrogen-bond donors (Lipinski definition) is 1. The fraction of sp³-hybridized carbons (Fsp3) is 0.528. The summed E-state index contributed by atoms with van der Waals surface area (Å²) in [6.45, 7) is 12.9. The smallest absolute Gasteiger partial charge is 0.474 e. The number of nitrogens with zero attached hydrogens (tertiary/aromatic N) is 5. The summed E-state index contributed by atoms with van der Waals surface area (Å²) in [5, 5.41) is 11.9. The second-order valence-electron chi connectivity index (χ2n) is 19.3. The average molecular weight is 1140 g/mol. The summed E-state index contributed by atoms with van der Waals surface area (Å²) in [6.07, 6.45) is -0.670. The number of phosphoric ester groups is 1. The maximum atomic E-state index is 15.2. The normalized spacial score (nSPS) is 25.0. The molecule has 4 heterocycles. The van der Waals surface area contributed by atoms with Gasteiger partial charge >= 0.3 is 19.5 Å². The van der Waals surface area contributed by atoms with Gasteiger partial charge in [0.2, 0.25) is 5.91 Å². The number of ether oxygens (including phenoxy) is 5. The van der Waals surface area contributed by atoms with Crippen molar-refractivity contribution in [3.8, 4) is 17.6 Å². The molecule has 0 saturated carbocycles. The maximum Gasteiger partial charge on any atom is 0.474 e. The molecule has 3 saturated heterocycles. The Bertz CT molecular complexity index is 2700. The van der Waals surface area contributed by atoms with Crippen LogP contribution in [0, 0.1) is 18.3 Å². The molecule has 0 radical (unpaired) electrons. The van der Waals surface area contributed by atoms with Crippen LogP contribution in [0.5, 0.6) is 11.5 Å². The van der Waals surface area contributed by atoms with Crippen LogP contribution in [0.1, 0.15) is 89.3 Å². The number of imide groups is 1. The highest BCUT2D eigenvalue weighted by Gasteiger charge is 2.55. The number of hydrogen-bond acceptors (Lipinski definition) is 19. The summed E-state index contributed by atoms with van der Waals surface area (Å²) in [4.78, 5) is 46.1. The van der Waals surface area contributed by atoms with Gasteiger partial charge in [0.15, 0.2) is 0 Å². The number of rotatable bonds is 26. The molecule has 7 rings (SSSR count). The van der Waals surface area contributed by atoms with E-state index in [9.17, 15) is 19.6 Å². The molecular formula is C53H70N6O14P2S2. The molecule has 418 valence electrons. The number of nitriles is 1. The van der Waals surface area contributed by atoms with Gasteiger partial charge in [-0.05, 0) is 101 Å². The number of nitrogens with one attached hydrogen (secondary N) is 1. The van der Waals surface area contributed by atoms with Crippen LogP contribution in [-0.2, 0) is 51.8 Å². The zero-order chi connectivity index (χ0) is 55.7. The first kappa shape index (κ1) is 60.2. The minimum absolute atomic E-state index is 0.0288. The quantitative estimate of drug-likeness (QED) is 0.0268. The number of aromatic nitrogens is 2. The lowest BCUT2D eigenvalue weighted by Crippen LogP contribution is -2.68. The minimum Gasteiger partial charge on any atom is -0.497 e. The molecule has 1 aromatic heterocycles. The average Bonchev–Trinajstić information content (AvgIpc) is 4.02. The van der Waals surface area contributed by atoms with E-state index in [1.54, 1.807) is 41.2 Å². The van der Waals surface area contributed by atoms with Crippen molar-refractivity contribution < 1.29 is 60.5 Å². The highest BCUT2D eigenvalue weighted by molar-refractivity contribution is 8.77. The molecule has 3 amide bonds. The van der Waals surface area contributed by atoms with Crippen LogP contribution in [0.2, 0.25) is 0 Å². The predicted octanol–water partition coefficient (Wildman–Crippen LogP) is 9.51. The van der Waals surface area contributed by atoms with E-state index < -0.39 is 93.8 Å². The first-order valence-electron chi connectivity index (χ1n) is 25.3. The fourth-order valence-corrected chi connectivity index (χ4v) is 15.0. The number of amides is 3. The van der Waals surface area contributed by atoms with E-state index in [0.29, 0.717) is 11.5 Å². The zero-order valence-electron chi connectivity index (χ0n) is 45.3. The first-order valence-corrected chi connectivity index (χ1v) is 30.4. The van der Waals surface area contributed by atoms with Crippen LogP contribution in [0.4, 0.5) is 4.79 Å². The van der Waals surface area contributed by atoms with Crippen LogP contribution in [0.15, 0.2) is 96.1 Å². The standard InChI is InChI=1S/C53H70N6O14P2S2/c1-34(2)59(35(3)4)74(68-27-15-26-54)72-43-28-47(57-31-36(5)30-55-50(57)61)70-46(43)33-69-75(63,66-10)73-44-29-48(58-37(6)52(7,77-76-11)49(60)56-51(58)62)71-45(44)32-67-53(38-16-13-12-14-17-38,39-18-22-41(64-8)23-19-39)40-20-24-42(65-9)25-21-40/h12-14,16-25,30-31,34-35,37,43-48H,15,27-29,32-33H2,1-11H3,(H,56,60,62)/t37-,43-,44-,45+,46+,47+,48+,52?,74?,75?/m0/s1. The van der Waals surface area contributed by atoms with Gasteiger partial charge in [-0.15, -0.1) is 0 Å². The van der Waals surface area contributed by atoms with E-state index in [0.717, 1.165) is 22.3 Å². The molecule has 77 heavy (non-hydrogen) atoms. The second kappa shape index (κ2) is 26.7. The van der Waals surface area contributed by atoms with Crippen molar-refractivity contribution in [2.24, 2.45) is 0 Å². The Morgan fingerprint density at radius 2 is 1.48 bits per heavy atom. The molecule has 0 spiro atoms. The number of urea groups is 1. The fourth-order valence-electron chi connectivity index (χ4n) is 9.73. The molecule has 3 aliphatic heterocycles. The molecule has 0 bridgehead atoms. The third-order valence-electron chi connectivity index (χ3n) is 13.7. The number of carbonyl (C=O) groups is 2. The monoisotopic (exact) mass is 1140 g/mol. The summed E-state index contributed by atoms with van der Waals surface area (Å²) in [5.41, 5.74) is 1.09. The van der Waals surface area contributed by atoms with Crippen molar-refractivity contribution >= 4 is 49.9 Å². The third-order valence-corrected chi connectivity index (χ3v) is 19.9. The highest BCUT2D eigenvalue weighted by Crippen LogP contribution is 2.55. The molecular weight excluding hydrogens is 1070 g/mol. The minimum atomic E-state index is -4.61. The molecule has 3 fully saturated rings. The third kappa shape index (κ3) is 13.6. The summed E-state index contributed by atoms with van der Waals surface area (Å²) in [6, 6.07) is 25.4. The second-order valence-corrected chi connectivity index (χ2v) is 25.3. The van der Waals surface area contributed by atoms with Gasteiger partial charge in [-0.25, -0.2) is 23.8 Å². The molecule has 4 aromatic rings. The van der Waals surface area contributed by atoms with Gasteiger partial charge in [0.1, 0.15) is 52.6 Å². The highest BCUT2D eigenvalue weighted by atomic mass is 33.1. The SMILES string of the molecule is COc1ccc(C(OC[C@H]2O[C@@H](N3C(=O)NC(=O)C(C)(SSC)[C@@H]3C)C[C@@H]2OP(=O)(OC)OC[C@H]2O[C@@H](n3cc(C)cnc3=O)C[C@@H]2OP(OCCC#N)N(C(C)C)C(C)C)(c2ccccc2)c2ccc(OC)cc2)cc1. The summed E-state index contributed by atoms with van der Waals surface area (Å²) in [7, 11) is 0.673. The molecule has 3 unspecified atom stereocenters. The molecule has 3 aliphatic rings. The summed E-state index contributed by atoms with van der Waals surface area (Å²) in [5.74, 6) is 0.820. The van der Waals surface area contributed by atoms with Crippen molar-refractivity contribution in [3.63, 3.8) is 0 Å². The van der Waals surface area contributed by atoms with Gasteiger partial charge in [0.05, 0.1) is 58.7 Å². The first-order chi connectivity index (χ1) is 36.8. The Kier molecular flexibility index (Phi) is 20.9. The largest absolute Gasteiger partial charge is 0.497 e. The van der Waals surface area contributed by atoms with Crippen LogP contribution < -0.4 is 20.5 Å². The Labute approximate surface area is 460 Å². The predicted molar refractivity (Wildman–Crippen MR) is 293 cm³/mol. The summed E-state index contributed by atoms with van der Waals surface area (Å²) >= 11 is 0. The topological polar surface area (TPSA) is 221 Å². The van der Waals surface area contributed by atoms with E-state index in [4.69, 9.17) is 46.3 Å². The maximum absolute atomic E-state index is 15.2. The van der Waals surface area contributed by atoms with Crippen LogP contribution >= 0.6 is 37.9 Å². The van der Waals surface area contributed by atoms with Gasteiger partial charge in [-0.1, -0.05) is 76.2 Å². The van der Waals surface area contributed by atoms with Crippen molar-refractivity contribution in [2.75, 3.05) is 47.4 Å². The lowest BCUT2D eigenvalue weighted by molar-refractivity contribution is -0.132. The van der Waals surface area contributed by atoms with E-state index in [-0.39, 0.29) is 44.6 Å². The van der Waals surface area contributed by atoms with Crippen LogP contribution in [0.25, 0.3) is 0 Å². The van der Waals surface area contributed by atoms with Crippen molar-refractivity contribution in [3.05, 3.63) is 124 Å². The lowest BCUT2D eigenvalue weighted by Gasteiger charge is -2.46. The number of methoxy groups -OCH3 is 2. The number of phosphoric acid groups is 1. The lowest BCUT2D eigenvalue weighted by atomic mass is 9.80. The van der Waals surface area contributed by atoms with E-state index in [2.05, 4.69) is 21.0 Å². The van der Waals surface area contributed by atoms with Crippen molar-refractivity contribution in [1.29, 1.82) is 5.26 Å². The Hall–Kier alpha value is -4.43. The molecule has 3 aromatic carbocycles. The Morgan fingerprint density at radius 1 is 0.896 bits per heavy atom. The van der Waals surface area contributed by atoms with Crippen LogP contribution in [0.3, 0.4) is 0 Å². The molecule has 10 atom stereocenters. The van der Waals surface area contributed by atoms with Crippen molar-refractivity contribution in [2.45, 2.75) is 133 Å². The van der Waals surface area contributed by atoms with Gasteiger partial charge in [0.25, 0.3) is 8.53 Å². The molecule has 0 aliphatic carbocycles. The van der Waals surface area contributed by atoms with Gasteiger partial charge < -0.3 is 32.7 Å². The summed E-state index contributed by atoms with van der Waals surface area (Å²) < 4.78 is 80.8. The van der Waals surface area contributed by atoms with E-state index in [1.165, 1.54) is 44.4 Å². The van der Waals surface area contributed by atoms with Crippen molar-refractivity contribution in [1.82, 2.24) is 24.4 Å². The molecule has 20 nitrogen and oxygen atoms in total. The van der Waals surface area contributed by atoms with Crippen LogP contribution in [-0.4, -0.2) is 132 Å². The number of benzene rings is 3. The zero-order valence-corrected chi connectivity index (χ0v) is 48.7. The Morgan fingerprint density at radius 3 is 2.05 bits per heavy atom. The Balaban J connectivity index is 1.25.